The lowest BCUT2D eigenvalue weighted by Gasteiger charge is -2.12. The minimum Gasteiger partial charge on any atom is -0.306 e. The number of benzene rings is 1. The van der Waals surface area contributed by atoms with Crippen LogP contribution in [0.2, 0.25) is 0 Å². The van der Waals surface area contributed by atoms with Crippen LogP contribution in [-0.4, -0.2) is 9.97 Å². The third-order valence-corrected chi connectivity index (χ3v) is 4.87. The van der Waals surface area contributed by atoms with Gasteiger partial charge in [0.1, 0.15) is 0 Å². The first-order chi connectivity index (χ1) is 8.21. The number of fused-ring (bicyclic) bond motifs is 1. The Morgan fingerprint density at radius 1 is 1.22 bits per heavy atom. The summed E-state index contributed by atoms with van der Waals surface area (Å²) in [5, 5.41) is -0.213. The summed E-state index contributed by atoms with van der Waals surface area (Å²) in [4.78, 5) is 26.8. The molecule has 0 saturated carbocycles. The Balaban J connectivity index is 3.02. The van der Waals surface area contributed by atoms with E-state index in [1.54, 1.807) is 22.6 Å². The summed E-state index contributed by atoms with van der Waals surface area (Å²) in [5.74, 6) is 0. The van der Waals surface area contributed by atoms with Gasteiger partial charge in [-0.25, -0.2) is 4.79 Å². The van der Waals surface area contributed by atoms with Crippen LogP contribution in [0.4, 0.5) is 13.2 Å². The molecular weight excluding hydrogens is 432 g/mol. The fourth-order valence-corrected chi connectivity index (χ4v) is 2.70. The largest absolute Gasteiger partial charge is 0.417 e. The van der Waals surface area contributed by atoms with Crippen molar-refractivity contribution >= 4 is 49.4 Å². The molecule has 0 saturated heterocycles. The summed E-state index contributed by atoms with van der Waals surface area (Å²) in [6.45, 7) is 0. The maximum absolute atomic E-state index is 12.8. The molecule has 4 nitrogen and oxygen atoms in total. The Morgan fingerprint density at radius 2 is 1.83 bits per heavy atom. The molecule has 0 amide bonds. The van der Waals surface area contributed by atoms with Crippen molar-refractivity contribution in [1.29, 1.82) is 0 Å². The molecule has 1 heterocycles. The molecule has 9 heteroatoms. The molecule has 0 spiro atoms. The van der Waals surface area contributed by atoms with Crippen LogP contribution in [0.5, 0.6) is 0 Å². The van der Waals surface area contributed by atoms with E-state index in [1.807, 2.05) is 4.98 Å². The monoisotopic (exact) mass is 434 g/mol. The van der Waals surface area contributed by atoms with Crippen molar-refractivity contribution in [2.75, 3.05) is 0 Å². The molecule has 2 rings (SSSR count). The van der Waals surface area contributed by atoms with Crippen molar-refractivity contribution in [3.05, 3.63) is 40.5 Å². The predicted octanol–water partition coefficient (Wildman–Crippen LogP) is 2.60. The van der Waals surface area contributed by atoms with E-state index in [2.05, 4.69) is 20.9 Å². The molecule has 18 heavy (non-hydrogen) atoms. The molecule has 0 atom stereocenters. The van der Waals surface area contributed by atoms with Crippen LogP contribution in [0.3, 0.4) is 0 Å². The molecular formula is C9H3BrF3IN2O2. The van der Waals surface area contributed by atoms with E-state index < -0.39 is 23.0 Å². The van der Waals surface area contributed by atoms with Crippen LogP contribution in [0, 0.1) is 3.57 Å². The zero-order valence-electron chi connectivity index (χ0n) is 8.28. The number of alkyl halides is 3. The first-order valence-electron chi connectivity index (χ1n) is 4.43. The number of rotatable bonds is 0. The molecule has 2 aromatic rings. The van der Waals surface area contributed by atoms with Crippen molar-refractivity contribution in [3.8, 4) is 0 Å². The predicted molar refractivity (Wildman–Crippen MR) is 70.6 cm³/mol. The summed E-state index contributed by atoms with van der Waals surface area (Å²) in [7, 11) is 0. The van der Waals surface area contributed by atoms with Crippen molar-refractivity contribution in [3.63, 3.8) is 0 Å². The second-order valence-corrected chi connectivity index (χ2v) is 5.25. The minimum atomic E-state index is -4.59. The Kier molecular flexibility index (Phi) is 3.30. The van der Waals surface area contributed by atoms with Gasteiger partial charge in [-0.05, 0) is 44.6 Å². The van der Waals surface area contributed by atoms with Gasteiger partial charge in [0.2, 0.25) is 0 Å². The topological polar surface area (TPSA) is 65.7 Å². The van der Waals surface area contributed by atoms with Crippen LogP contribution in [0.1, 0.15) is 5.56 Å². The van der Waals surface area contributed by atoms with Gasteiger partial charge in [0.15, 0.2) is 0 Å². The van der Waals surface area contributed by atoms with E-state index in [0.717, 1.165) is 0 Å². The van der Waals surface area contributed by atoms with Crippen molar-refractivity contribution < 1.29 is 13.2 Å². The van der Waals surface area contributed by atoms with E-state index >= 15 is 0 Å². The van der Waals surface area contributed by atoms with E-state index in [-0.39, 0.29) is 18.9 Å². The Bertz CT molecular complexity index is 750. The number of halogens is 5. The second-order valence-electron chi connectivity index (χ2n) is 3.38. The summed E-state index contributed by atoms with van der Waals surface area (Å²) >= 11 is 4.46. The van der Waals surface area contributed by atoms with Gasteiger partial charge in [-0.15, -0.1) is 0 Å². The van der Waals surface area contributed by atoms with Crippen LogP contribution >= 0.6 is 38.5 Å². The zero-order valence-corrected chi connectivity index (χ0v) is 12.0. The highest BCUT2D eigenvalue weighted by atomic mass is 127. The minimum absolute atomic E-state index is 0.0734. The average Bonchev–Trinajstić information content (AvgIpc) is 2.22. The lowest BCUT2D eigenvalue weighted by atomic mass is 10.1. The molecule has 1 aromatic carbocycles. The van der Waals surface area contributed by atoms with Gasteiger partial charge in [-0.3, -0.25) is 9.78 Å². The summed E-state index contributed by atoms with van der Waals surface area (Å²) in [5.41, 5.74) is -2.51. The molecule has 1 aromatic heterocycles. The average molecular weight is 435 g/mol. The standard InChI is InChI=1S/C9H3BrF3IN2O2/c10-4-3(9(11,12)13)1-2-6(5(4)14)15-8(18)16-7(2)17/h1H,(H2,15,16,17,18). The first-order valence-corrected chi connectivity index (χ1v) is 6.30. The Hall–Kier alpha value is -0.840. The fourth-order valence-electron chi connectivity index (χ4n) is 1.45. The van der Waals surface area contributed by atoms with Crippen LogP contribution in [0.15, 0.2) is 20.1 Å². The highest BCUT2D eigenvalue weighted by Gasteiger charge is 2.34. The Morgan fingerprint density at radius 3 is 2.39 bits per heavy atom. The molecule has 0 aliphatic heterocycles. The highest BCUT2D eigenvalue weighted by molar-refractivity contribution is 14.1. The van der Waals surface area contributed by atoms with Crippen molar-refractivity contribution in [1.82, 2.24) is 9.97 Å². The van der Waals surface area contributed by atoms with Crippen molar-refractivity contribution in [2.24, 2.45) is 0 Å². The van der Waals surface area contributed by atoms with E-state index in [4.69, 9.17) is 0 Å². The van der Waals surface area contributed by atoms with Gasteiger partial charge < -0.3 is 4.98 Å². The molecule has 0 aliphatic rings. The van der Waals surface area contributed by atoms with Crippen LogP contribution in [0.25, 0.3) is 10.9 Å². The van der Waals surface area contributed by atoms with Gasteiger partial charge >= 0.3 is 11.9 Å². The lowest BCUT2D eigenvalue weighted by molar-refractivity contribution is -0.138. The van der Waals surface area contributed by atoms with Crippen LogP contribution < -0.4 is 11.2 Å². The van der Waals surface area contributed by atoms with Gasteiger partial charge in [0.25, 0.3) is 5.56 Å². The highest BCUT2D eigenvalue weighted by Crippen LogP contribution is 2.39. The zero-order chi connectivity index (χ0) is 13.7. The summed E-state index contributed by atoms with van der Waals surface area (Å²) in [6, 6.07) is 0.705. The van der Waals surface area contributed by atoms with Gasteiger partial charge in [-0.2, -0.15) is 13.2 Å². The molecule has 0 fully saturated rings. The van der Waals surface area contributed by atoms with Gasteiger partial charge in [-0.1, -0.05) is 0 Å². The fraction of sp³-hybridized carbons (Fsp3) is 0.111. The number of aromatic amines is 2. The molecule has 0 unspecified atom stereocenters. The maximum atomic E-state index is 12.8. The SMILES string of the molecule is O=c1[nH]c(=O)c2cc(C(F)(F)F)c(Br)c(I)c2[nH]1. The number of aromatic nitrogens is 2. The normalized spacial score (nSPS) is 12.1. The van der Waals surface area contributed by atoms with E-state index in [1.165, 1.54) is 0 Å². The smallest absolute Gasteiger partial charge is 0.306 e. The summed E-state index contributed by atoms with van der Waals surface area (Å²) in [6.07, 6.45) is -4.59. The van der Waals surface area contributed by atoms with E-state index in [0.29, 0.717) is 6.07 Å². The third kappa shape index (κ3) is 2.20. The van der Waals surface area contributed by atoms with Crippen LogP contribution in [-0.2, 0) is 6.18 Å². The Labute approximate surface area is 119 Å². The number of H-pyrrole nitrogens is 2. The second kappa shape index (κ2) is 4.37. The van der Waals surface area contributed by atoms with Crippen molar-refractivity contribution in [2.45, 2.75) is 6.18 Å². The van der Waals surface area contributed by atoms with E-state index in [9.17, 15) is 22.8 Å². The summed E-state index contributed by atoms with van der Waals surface area (Å²) < 4.78 is 38.2. The van der Waals surface area contributed by atoms with Gasteiger partial charge in [0.05, 0.1) is 20.0 Å². The first kappa shape index (κ1) is 13.6. The lowest BCUT2D eigenvalue weighted by Crippen LogP contribution is -2.23. The molecule has 0 aliphatic carbocycles. The molecule has 0 bridgehead atoms. The molecule has 0 radical (unpaired) electrons. The molecule has 96 valence electrons. The molecule has 2 N–H and O–H groups in total. The number of nitrogens with one attached hydrogen (secondary N) is 2. The number of hydrogen-bond acceptors (Lipinski definition) is 2. The number of hydrogen-bond donors (Lipinski definition) is 2. The third-order valence-electron chi connectivity index (χ3n) is 2.22. The van der Waals surface area contributed by atoms with Gasteiger partial charge in [0, 0.05) is 4.47 Å². The maximum Gasteiger partial charge on any atom is 0.417 e. The quantitative estimate of drug-likeness (QED) is 0.626.